The molecule has 5 heteroatoms. The van der Waals surface area contributed by atoms with Crippen molar-refractivity contribution in [3.8, 4) is 17.6 Å². The van der Waals surface area contributed by atoms with E-state index in [9.17, 15) is 13.2 Å². The van der Waals surface area contributed by atoms with Crippen LogP contribution in [0.3, 0.4) is 0 Å². The van der Waals surface area contributed by atoms with E-state index < -0.39 is 12.4 Å². The maximum absolute atomic E-state index is 12.0. The van der Waals surface area contributed by atoms with Gasteiger partial charge in [-0.25, -0.2) is 0 Å². The summed E-state index contributed by atoms with van der Waals surface area (Å²) in [7, 11) is 0. The second kappa shape index (κ2) is 5.60. The van der Waals surface area contributed by atoms with Crippen LogP contribution in [0.4, 0.5) is 13.2 Å². The Labute approximate surface area is 97.6 Å². The normalized spacial score (nSPS) is 12.5. The van der Waals surface area contributed by atoms with Gasteiger partial charge in [0.05, 0.1) is 0 Å². The second-order valence-electron chi connectivity index (χ2n) is 3.36. The summed E-state index contributed by atoms with van der Waals surface area (Å²) >= 11 is 0. The maximum atomic E-state index is 12.0. The molecule has 0 saturated carbocycles. The average molecular weight is 243 g/mol. The van der Waals surface area contributed by atoms with Gasteiger partial charge in [0.2, 0.25) is 0 Å². The molecule has 0 bridgehead atoms. The largest absolute Gasteiger partial charge is 0.573 e. The van der Waals surface area contributed by atoms with Crippen LogP contribution in [-0.2, 0) is 0 Å². The zero-order chi connectivity index (χ0) is 12.9. The first-order valence-corrected chi connectivity index (χ1v) is 4.93. The molecule has 0 amide bonds. The zero-order valence-electron chi connectivity index (χ0n) is 9.21. The smallest absolute Gasteiger partial charge is 0.406 e. The second-order valence-corrected chi connectivity index (χ2v) is 3.36. The lowest BCUT2D eigenvalue weighted by atomic mass is 10.0. The van der Waals surface area contributed by atoms with Gasteiger partial charge in [-0.05, 0) is 24.6 Å². The molecule has 0 aliphatic heterocycles. The molecule has 0 heterocycles. The van der Waals surface area contributed by atoms with Crippen molar-refractivity contribution in [3.05, 3.63) is 29.8 Å². The van der Waals surface area contributed by atoms with Crippen LogP contribution in [0.25, 0.3) is 0 Å². The summed E-state index contributed by atoms with van der Waals surface area (Å²) in [5.74, 6) is 5.19. The number of hydrogen-bond donors (Lipinski definition) is 1. The van der Waals surface area contributed by atoms with E-state index in [-0.39, 0.29) is 5.75 Å². The van der Waals surface area contributed by atoms with Crippen LogP contribution < -0.4 is 10.5 Å². The summed E-state index contributed by atoms with van der Waals surface area (Å²) in [5, 5.41) is 0. The van der Waals surface area contributed by atoms with Gasteiger partial charge in [-0.3, -0.25) is 0 Å². The molecule has 1 aromatic carbocycles. The standard InChI is InChI=1S/C12H12F3NO/c1-2-3-7-11(16)9-5-4-6-10(8-9)17-12(13,14)15/h4-6,8,11H,7,16H2,1H3. The van der Waals surface area contributed by atoms with Crippen LogP contribution in [0.5, 0.6) is 5.75 Å². The Morgan fingerprint density at radius 3 is 2.71 bits per heavy atom. The third kappa shape index (κ3) is 4.79. The van der Waals surface area contributed by atoms with Gasteiger partial charge in [0.25, 0.3) is 0 Å². The molecule has 1 unspecified atom stereocenters. The maximum Gasteiger partial charge on any atom is 0.573 e. The fourth-order valence-electron chi connectivity index (χ4n) is 1.27. The lowest BCUT2D eigenvalue weighted by Crippen LogP contribution is -2.17. The molecular formula is C12H12F3NO. The van der Waals surface area contributed by atoms with Crippen LogP contribution in [0, 0.1) is 11.8 Å². The van der Waals surface area contributed by atoms with Gasteiger partial charge in [-0.1, -0.05) is 12.1 Å². The molecule has 17 heavy (non-hydrogen) atoms. The molecule has 2 N–H and O–H groups in total. The van der Waals surface area contributed by atoms with Crippen molar-refractivity contribution in [1.82, 2.24) is 0 Å². The van der Waals surface area contributed by atoms with E-state index >= 15 is 0 Å². The molecular weight excluding hydrogens is 231 g/mol. The summed E-state index contributed by atoms with van der Waals surface area (Å²) in [6.45, 7) is 1.68. The summed E-state index contributed by atoms with van der Waals surface area (Å²) in [6.07, 6.45) is -4.29. The van der Waals surface area contributed by atoms with Crippen molar-refractivity contribution in [1.29, 1.82) is 0 Å². The van der Waals surface area contributed by atoms with Gasteiger partial charge in [0.1, 0.15) is 5.75 Å². The van der Waals surface area contributed by atoms with E-state index in [1.165, 1.54) is 18.2 Å². The predicted molar refractivity (Wildman–Crippen MR) is 58.1 cm³/mol. The quantitative estimate of drug-likeness (QED) is 0.828. The van der Waals surface area contributed by atoms with Gasteiger partial charge in [-0.15, -0.1) is 25.0 Å². The minimum Gasteiger partial charge on any atom is -0.406 e. The summed E-state index contributed by atoms with van der Waals surface area (Å²) in [4.78, 5) is 0. The molecule has 0 fully saturated rings. The van der Waals surface area contributed by atoms with Crippen LogP contribution in [-0.4, -0.2) is 6.36 Å². The molecule has 1 atom stereocenters. The third-order valence-electron chi connectivity index (χ3n) is 2.02. The van der Waals surface area contributed by atoms with Crippen LogP contribution in [0.1, 0.15) is 24.9 Å². The van der Waals surface area contributed by atoms with Crippen molar-refractivity contribution in [2.45, 2.75) is 25.7 Å². The lowest BCUT2D eigenvalue weighted by Gasteiger charge is -2.12. The van der Waals surface area contributed by atoms with E-state index in [0.29, 0.717) is 12.0 Å². The van der Waals surface area contributed by atoms with Crippen LogP contribution in [0.2, 0.25) is 0 Å². The molecule has 0 saturated heterocycles. The number of hydrogen-bond acceptors (Lipinski definition) is 2. The van der Waals surface area contributed by atoms with E-state index in [1.54, 1.807) is 13.0 Å². The molecule has 1 rings (SSSR count). The molecule has 1 aromatic rings. The number of alkyl halides is 3. The fraction of sp³-hybridized carbons (Fsp3) is 0.333. The van der Waals surface area contributed by atoms with E-state index in [0.717, 1.165) is 0 Å². The zero-order valence-corrected chi connectivity index (χ0v) is 9.21. The Balaban J connectivity index is 2.80. The van der Waals surface area contributed by atoms with Crippen molar-refractivity contribution in [2.24, 2.45) is 5.73 Å². The Morgan fingerprint density at radius 1 is 1.41 bits per heavy atom. The van der Waals surface area contributed by atoms with Gasteiger partial charge in [0, 0.05) is 12.5 Å². The van der Waals surface area contributed by atoms with E-state index in [2.05, 4.69) is 16.6 Å². The molecule has 0 radical (unpaired) electrons. The number of halogens is 3. The van der Waals surface area contributed by atoms with E-state index in [1.807, 2.05) is 0 Å². The minimum atomic E-state index is -4.69. The first-order valence-electron chi connectivity index (χ1n) is 4.93. The van der Waals surface area contributed by atoms with Crippen molar-refractivity contribution < 1.29 is 17.9 Å². The van der Waals surface area contributed by atoms with Crippen LogP contribution in [0.15, 0.2) is 24.3 Å². The highest BCUT2D eigenvalue weighted by molar-refractivity contribution is 5.31. The molecule has 0 aromatic heterocycles. The highest BCUT2D eigenvalue weighted by Gasteiger charge is 2.31. The van der Waals surface area contributed by atoms with Crippen molar-refractivity contribution in [2.75, 3.05) is 0 Å². The number of benzene rings is 1. The van der Waals surface area contributed by atoms with Gasteiger partial charge < -0.3 is 10.5 Å². The Morgan fingerprint density at radius 2 is 2.12 bits per heavy atom. The average Bonchev–Trinajstić information content (AvgIpc) is 2.24. The summed E-state index contributed by atoms with van der Waals surface area (Å²) in [6, 6.07) is 5.20. The molecule has 92 valence electrons. The monoisotopic (exact) mass is 243 g/mol. The summed E-state index contributed by atoms with van der Waals surface area (Å²) < 4.78 is 39.8. The highest BCUT2D eigenvalue weighted by Crippen LogP contribution is 2.25. The van der Waals surface area contributed by atoms with Crippen LogP contribution >= 0.6 is 0 Å². The molecule has 0 aliphatic rings. The number of nitrogens with two attached hydrogens (primary N) is 1. The Hall–Kier alpha value is -1.67. The first kappa shape index (κ1) is 13.4. The first-order chi connectivity index (χ1) is 7.92. The van der Waals surface area contributed by atoms with Crippen molar-refractivity contribution >= 4 is 0 Å². The van der Waals surface area contributed by atoms with E-state index in [4.69, 9.17) is 5.73 Å². The number of ether oxygens (including phenoxy) is 1. The van der Waals surface area contributed by atoms with Gasteiger partial charge in [-0.2, -0.15) is 0 Å². The van der Waals surface area contributed by atoms with Crippen molar-refractivity contribution in [3.63, 3.8) is 0 Å². The molecule has 0 aliphatic carbocycles. The highest BCUT2D eigenvalue weighted by atomic mass is 19.4. The topological polar surface area (TPSA) is 35.2 Å². The SMILES string of the molecule is CC#CCC(N)c1cccc(OC(F)(F)F)c1. The molecule has 0 spiro atoms. The Kier molecular flexibility index (Phi) is 4.41. The molecule has 2 nitrogen and oxygen atoms in total. The van der Waals surface area contributed by atoms with Gasteiger partial charge >= 0.3 is 6.36 Å². The minimum absolute atomic E-state index is 0.269. The number of rotatable bonds is 3. The summed E-state index contributed by atoms with van der Waals surface area (Å²) in [5.41, 5.74) is 6.34. The lowest BCUT2D eigenvalue weighted by molar-refractivity contribution is -0.274. The third-order valence-corrected chi connectivity index (χ3v) is 2.02. The Bertz CT molecular complexity index is 431. The van der Waals surface area contributed by atoms with Gasteiger partial charge in [0.15, 0.2) is 0 Å². The fourth-order valence-corrected chi connectivity index (χ4v) is 1.27. The predicted octanol–water partition coefficient (Wildman–Crippen LogP) is 3.00.